The van der Waals surface area contributed by atoms with Crippen LogP contribution in [0.5, 0.6) is 5.75 Å². The lowest BCUT2D eigenvalue weighted by atomic mass is 9.81. The lowest BCUT2D eigenvalue weighted by Crippen LogP contribution is -2.40. The van der Waals surface area contributed by atoms with Crippen molar-refractivity contribution in [3.05, 3.63) is 65.2 Å². The average Bonchev–Trinajstić information content (AvgIpc) is 2.69. The van der Waals surface area contributed by atoms with Crippen molar-refractivity contribution in [2.45, 2.75) is 51.1 Å². The summed E-state index contributed by atoms with van der Waals surface area (Å²) < 4.78 is 5.52. The van der Waals surface area contributed by atoms with Crippen LogP contribution in [0, 0.1) is 6.92 Å². The Balaban J connectivity index is 1.51. The fourth-order valence-electron chi connectivity index (χ4n) is 3.99. The molecule has 4 heteroatoms. The SMILES string of the molecule is Cc1ccc(OC(=O)N(C)C2CCC(c3ccc(CN(C)C)cc3)CC2)cc1. The van der Waals surface area contributed by atoms with Crippen molar-refractivity contribution in [2.24, 2.45) is 0 Å². The number of ether oxygens (including phenoxy) is 1. The Morgan fingerprint density at radius 3 is 2.11 bits per heavy atom. The number of rotatable bonds is 5. The number of carbonyl (C=O) groups excluding carboxylic acids is 1. The van der Waals surface area contributed by atoms with Gasteiger partial charge in [-0.3, -0.25) is 0 Å². The maximum Gasteiger partial charge on any atom is 0.415 e. The number of aryl methyl sites for hydroxylation is 1. The summed E-state index contributed by atoms with van der Waals surface area (Å²) in [6, 6.07) is 16.9. The zero-order valence-electron chi connectivity index (χ0n) is 17.5. The zero-order chi connectivity index (χ0) is 20.1. The number of amides is 1. The third kappa shape index (κ3) is 5.35. The van der Waals surface area contributed by atoms with E-state index in [4.69, 9.17) is 4.74 Å². The molecule has 0 atom stereocenters. The zero-order valence-corrected chi connectivity index (χ0v) is 17.5. The fraction of sp³-hybridized carbons (Fsp3) is 0.458. The maximum atomic E-state index is 12.5. The smallest absolute Gasteiger partial charge is 0.410 e. The van der Waals surface area contributed by atoms with Gasteiger partial charge in [-0.15, -0.1) is 0 Å². The normalized spacial score (nSPS) is 19.5. The highest BCUT2D eigenvalue weighted by Crippen LogP contribution is 2.34. The fourth-order valence-corrected chi connectivity index (χ4v) is 3.99. The Morgan fingerprint density at radius 1 is 0.929 bits per heavy atom. The summed E-state index contributed by atoms with van der Waals surface area (Å²) in [6.45, 7) is 2.99. The van der Waals surface area contributed by atoms with Gasteiger partial charge in [-0.25, -0.2) is 4.79 Å². The van der Waals surface area contributed by atoms with Crippen molar-refractivity contribution in [3.63, 3.8) is 0 Å². The number of carbonyl (C=O) groups is 1. The van der Waals surface area contributed by atoms with Crippen LogP contribution in [0.4, 0.5) is 4.79 Å². The van der Waals surface area contributed by atoms with Gasteiger partial charge in [-0.05, 0) is 75.9 Å². The summed E-state index contributed by atoms with van der Waals surface area (Å²) >= 11 is 0. The summed E-state index contributed by atoms with van der Waals surface area (Å²) in [5, 5.41) is 0. The molecule has 0 heterocycles. The molecular formula is C24H32N2O2. The third-order valence-corrected chi connectivity index (χ3v) is 5.71. The van der Waals surface area contributed by atoms with Crippen LogP contribution in [0.2, 0.25) is 0 Å². The van der Waals surface area contributed by atoms with Crippen molar-refractivity contribution in [2.75, 3.05) is 21.1 Å². The molecule has 0 unspecified atom stereocenters. The summed E-state index contributed by atoms with van der Waals surface area (Å²) in [5.41, 5.74) is 3.92. The van der Waals surface area contributed by atoms with Gasteiger partial charge in [0.1, 0.15) is 5.75 Å². The molecule has 0 aromatic heterocycles. The van der Waals surface area contributed by atoms with E-state index in [9.17, 15) is 4.79 Å². The molecule has 1 amide bonds. The molecule has 28 heavy (non-hydrogen) atoms. The van der Waals surface area contributed by atoms with E-state index >= 15 is 0 Å². The molecule has 0 aliphatic heterocycles. The van der Waals surface area contributed by atoms with Crippen molar-refractivity contribution >= 4 is 6.09 Å². The van der Waals surface area contributed by atoms with Crippen molar-refractivity contribution < 1.29 is 9.53 Å². The van der Waals surface area contributed by atoms with Gasteiger partial charge in [0.05, 0.1) is 0 Å². The number of hydrogen-bond donors (Lipinski definition) is 0. The van der Waals surface area contributed by atoms with Crippen LogP contribution >= 0.6 is 0 Å². The lowest BCUT2D eigenvalue weighted by Gasteiger charge is -2.34. The first-order valence-corrected chi connectivity index (χ1v) is 10.2. The van der Waals surface area contributed by atoms with Gasteiger partial charge >= 0.3 is 6.09 Å². The molecule has 1 saturated carbocycles. The van der Waals surface area contributed by atoms with Gasteiger partial charge in [0, 0.05) is 19.6 Å². The Hall–Kier alpha value is -2.33. The minimum absolute atomic E-state index is 0.252. The molecule has 2 aromatic rings. The highest BCUT2D eigenvalue weighted by Gasteiger charge is 2.28. The van der Waals surface area contributed by atoms with Crippen LogP contribution < -0.4 is 4.74 Å². The van der Waals surface area contributed by atoms with E-state index in [1.807, 2.05) is 38.2 Å². The molecule has 150 valence electrons. The number of benzene rings is 2. The highest BCUT2D eigenvalue weighted by molar-refractivity contribution is 5.70. The van der Waals surface area contributed by atoms with E-state index in [2.05, 4.69) is 43.3 Å². The van der Waals surface area contributed by atoms with Crippen molar-refractivity contribution in [3.8, 4) is 5.75 Å². The minimum Gasteiger partial charge on any atom is -0.410 e. The van der Waals surface area contributed by atoms with Gasteiger partial charge in [0.2, 0.25) is 0 Å². The molecular weight excluding hydrogens is 348 g/mol. The van der Waals surface area contributed by atoms with Crippen molar-refractivity contribution in [1.29, 1.82) is 0 Å². The van der Waals surface area contributed by atoms with Crippen LogP contribution in [0.15, 0.2) is 48.5 Å². The molecule has 0 N–H and O–H groups in total. The monoisotopic (exact) mass is 380 g/mol. The van der Waals surface area contributed by atoms with E-state index in [0.29, 0.717) is 11.7 Å². The van der Waals surface area contributed by atoms with Crippen LogP contribution in [0.25, 0.3) is 0 Å². The Labute approximate surface area is 169 Å². The predicted molar refractivity (Wildman–Crippen MR) is 114 cm³/mol. The Kier molecular flexibility index (Phi) is 6.74. The summed E-state index contributed by atoms with van der Waals surface area (Å²) in [7, 11) is 6.04. The Bertz CT molecular complexity index is 760. The number of hydrogen-bond acceptors (Lipinski definition) is 3. The summed E-state index contributed by atoms with van der Waals surface area (Å²) in [5.74, 6) is 1.19. The van der Waals surface area contributed by atoms with Gasteiger partial charge < -0.3 is 14.5 Å². The largest absolute Gasteiger partial charge is 0.415 e. The molecule has 1 aliphatic carbocycles. The molecule has 4 nitrogen and oxygen atoms in total. The van der Waals surface area contributed by atoms with E-state index in [0.717, 1.165) is 37.8 Å². The molecule has 0 spiro atoms. The Morgan fingerprint density at radius 2 is 1.54 bits per heavy atom. The molecule has 2 aromatic carbocycles. The second-order valence-electron chi connectivity index (χ2n) is 8.28. The molecule has 0 bridgehead atoms. The molecule has 1 aliphatic rings. The van der Waals surface area contributed by atoms with Crippen molar-refractivity contribution in [1.82, 2.24) is 9.80 Å². The van der Waals surface area contributed by atoms with Crippen LogP contribution in [0.3, 0.4) is 0 Å². The van der Waals surface area contributed by atoms with Crippen LogP contribution in [0.1, 0.15) is 48.3 Å². The third-order valence-electron chi connectivity index (χ3n) is 5.71. The standard InChI is InChI=1S/C24H32N2O2/c1-18-5-15-23(16-6-18)28-24(27)26(4)22-13-11-21(12-14-22)20-9-7-19(8-10-20)17-25(2)3/h5-10,15-16,21-22H,11-14,17H2,1-4H3. The highest BCUT2D eigenvalue weighted by atomic mass is 16.6. The minimum atomic E-state index is -0.264. The summed E-state index contributed by atoms with van der Waals surface area (Å²) in [4.78, 5) is 16.4. The second-order valence-corrected chi connectivity index (χ2v) is 8.28. The van der Waals surface area contributed by atoms with Gasteiger partial charge in [-0.1, -0.05) is 42.0 Å². The van der Waals surface area contributed by atoms with E-state index < -0.39 is 0 Å². The van der Waals surface area contributed by atoms with Gasteiger partial charge in [0.15, 0.2) is 0 Å². The first kappa shape index (κ1) is 20.4. The molecule has 0 radical (unpaired) electrons. The topological polar surface area (TPSA) is 32.8 Å². The molecule has 3 rings (SSSR count). The van der Waals surface area contributed by atoms with Gasteiger partial charge in [-0.2, -0.15) is 0 Å². The first-order chi connectivity index (χ1) is 13.4. The van der Waals surface area contributed by atoms with E-state index in [1.54, 1.807) is 4.90 Å². The first-order valence-electron chi connectivity index (χ1n) is 10.2. The molecule has 1 fully saturated rings. The van der Waals surface area contributed by atoms with Crippen LogP contribution in [-0.2, 0) is 6.54 Å². The predicted octanol–water partition coefficient (Wildman–Crippen LogP) is 5.21. The second kappa shape index (κ2) is 9.24. The van der Waals surface area contributed by atoms with E-state index in [1.165, 1.54) is 11.1 Å². The van der Waals surface area contributed by atoms with Gasteiger partial charge in [0.25, 0.3) is 0 Å². The quantitative estimate of drug-likeness (QED) is 0.713. The average molecular weight is 381 g/mol. The maximum absolute atomic E-state index is 12.5. The summed E-state index contributed by atoms with van der Waals surface area (Å²) in [6.07, 6.45) is 3.99. The lowest BCUT2D eigenvalue weighted by molar-refractivity contribution is 0.130. The van der Waals surface area contributed by atoms with E-state index in [-0.39, 0.29) is 12.1 Å². The van der Waals surface area contributed by atoms with Crippen LogP contribution in [-0.4, -0.2) is 43.1 Å². The molecule has 0 saturated heterocycles. The number of nitrogens with zero attached hydrogens (tertiary/aromatic N) is 2.